The minimum atomic E-state index is 0. The summed E-state index contributed by atoms with van der Waals surface area (Å²) in [5, 5.41) is 0. The van der Waals surface area contributed by atoms with Crippen LogP contribution < -0.4 is 18.9 Å². The van der Waals surface area contributed by atoms with Crippen LogP contribution in [-0.4, -0.2) is 11.2 Å². The van der Waals surface area contributed by atoms with Crippen LogP contribution in [0.2, 0.25) is 0 Å². The Kier molecular flexibility index (Phi) is 6.46. The molecule has 1 nitrogen and oxygen atoms in total. The SMILES string of the molecule is Cc1cccc(-c2ccccc2)c1C(=O)[P-]C1CCCC1.[Li+]. The normalized spacial score (nSPS) is 15.1. The van der Waals surface area contributed by atoms with Crippen LogP contribution in [0.4, 0.5) is 0 Å². The van der Waals surface area contributed by atoms with Gasteiger partial charge in [-0.05, 0) is 29.2 Å². The van der Waals surface area contributed by atoms with Gasteiger partial charge >= 0.3 is 18.9 Å². The molecular formula is C19H20LiOP. The number of aryl methyl sites for hydroxylation is 1. The average Bonchev–Trinajstić information content (AvgIpc) is 3.00. The standard InChI is InChI=1S/C19H20OP.Li/c1-14-8-7-13-17(15-9-3-2-4-10-15)18(14)19(20)21-16-11-5-6-12-16;/h2-4,7-10,13,16H,5-6,11-12H2,1H3;/q-1;+1. The summed E-state index contributed by atoms with van der Waals surface area (Å²) in [4.78, 5) is 12.8. The second kappa shape index (κ2) is 8.12. The molecule has 1 saturated carbocycles. The third-order valence-electron chi connectivity index (χ3n) is 4.20. The summed E-state index contributed by atoms with van der Waals surface area (Å²) in [7, 11) is 0.990. The first-order valence-corrected chi connectivity index (χ1v) is 8.62. The molecule has 2 aromatic rings. The van der Waals surface area contributed by atoms with E-state index in [1.807, 2.05) is 37.3 Å². The number of hydrogen-bond donors (Lipinski definition) is 0. The van der Waals surface area contributed by atoms with Gasteiger partial charge in [0.25, 0.3) is 0 Å². The van der Waals surface area contributed by atoms with E-state index in [0.717, 1.165) is 30.8 Å². The van der Waals surface area contributed by atoms with Gasteiger partial charge in [-0.1, -0.05) is 74.2 Å². The molecule has 1 aliphatic rings. The maximum Gasteiger partial charge on any atom is 1.00 e. The van der Waals surface area contributed by atoms with E-state index in [-0.39, 0.29) is 18.9 Å². The van der Waals surface area contributed by atoms with Crippen molar-refractivity contribution in [2.24, 2.45) is 0 Å². The molecule has 0 bridgehead atoms. The van der Waals surface area contributed by atoms with Crippen molar-refractivity contribution in [1.82, 2.24) is 0 Å². The van der Waals surface area contributed by atoms with Crippen LogP contribution in [0.25, 0.3) is 11.1 Å². The molecule has 0 atom stereocenters. The van der Waals surface area contributed by atoms with Crippen molar-refractivity contribution >= 4 is 14.1 Å². The second-order valence-corrected chi connectivity index (χ2v) is 7.13. The van der Waals surface area contributed by atoms with Crippen LogP contribution in [-0.2, 0) is 0 Å². The Balaban J connectivity index is 0.00000176. The fourth-order valence-electron chi connectivity index (χ4n) is 3.07. The van der Waals surface area contributed by atoms with Crippen molar-refractivity contribution in [2.45, 2.75) is 38.3 Å². The van der Waals surface area contributed by atoms with E-state index in [1.54, 1.807) is 0 Å². The van der Waals surface area contributed by atoms with Crippen molar-refractivity contribution in [3.05, 3.63) is 59.7 Å². The number of carbonyl (C=O) groups is 1. The van der Waals surface area contributed by atoms with E-state index in [0.29, 0.717) is 11.2 Å². The minimum absolute atomic E-state index is 0. The Hall–Kier alpha value is -0.863. The maximum atomic E-state index is 12.8. The maximum absolute atomic E-state index is 12.8. The number of carbonyl (C=O) groups excluding carboxylic acids is 1. The third-order valence-corrected chi connectivity index (χ3v) is 5.54. The molecule has 0 unspecified atom stereocenters. The fraction of sp³-hybridized carbons (Fsp3) is 0.316. The summed E-state index contributed by atoms with van der Waals surface area (Å²) in [6, 6.07) is 16.4. The van der Waals surface area contributed by atoms with Gasteiger partial charge in [0.1, 0.15) is 0 Å². The van der Waals surface area contributed by atoms with Crippen molar-refractivity contribution < 1.29 is 23.7 Å². The van der Waals surface area contributed by atoms with Gasteiger partial charge in [-0.3, -0.25) is 0 Å². The molecule has 0 heterocycles. The molecule has 3 heteroatoms. The number of benzene rings is 2. The zero-order valence-corrected chi connectivity index (χ0v) is 14.3. The topological polar surface area (TPSA) is 17.1 Å². The molecule has 0 amide bonds. The molecule has 22 heavy (non-hydrogen) atoms. The quantitative estimate of drug-likeness (QED) is 0.627. The molecule has 2 aromatic carbocycles. The molecule has 0 radical (unpaired) electrons. The molecule has 3 rings (SSSR count). The Labute approximate surface area is 146 Å². The van der Waals surface area contributed by atoms with Gasteiger partial charge in [0.2, 0.25) is 0 Å². The van der Waals surface area contributed by atoms with E-state index in [1.165, 1.54) is 25.7 Å². The Bertz CT molecular complexity index is 633. The summed E-state index contributed by atoms with van der Waals surface area (Å²) in [5.74, 6) is 0. The predicted molar refractivity (Wildman–Crippen MR) is 90.1 cm³/mol. The molecule has 0 saturated heterocycles. The molecule has 1 fully saturated rings. The summed E-state index contributed by atoms with van der Waals surface area (Å²) in [6.07, 6.45) is 4.98. The molecule has 0 aromatic heterocycles. The van der Waals surface area contributed by atoms with E-state index in [2.05, 4.69) is 18.2 Å². The second-order valence-electron chi connectivity index (χ2n) is 5.74. The van der Waals surface area contributed by atoms with Gasteiger partial charge in [0.05, 0.1) is 0 Å². The van der Waals surface area contributed by atoms with Crippen LogP contribution in [0.5, 0.6) is 0 Å². The van der Waals surface area contributed by atoms with Gasteiger partial charge in [-0.25, -0.2) is 0 Å². The smallest absolute Gasteiger partial charge is 0.456 e. The zero-order valence-electron chi connectivity index (χ0n) is 13.4. The van der Waals surface area contributed by atoms with Crippen LogP contribution in [0.1, 0.15) is 41.6 Å². The number of rotatable bonds is 4. The van der Waals surface area contributed by atoms with Gasteiger partial charge in [0.15, 0.2) is 0 Å². The summed E-state index contributed by atoms with van der Waals surface area (Å²) in [6.45, 7) is 2.05. The monoisotopic (exact) mass is 302 g/mol. The Morgan fingerprint density at radius 1 is 1.00 bits per heavy atom. The van der Waals surface area contributed by atoms with Crippen LogP contribution in [0, 0.1) is 6.92 Å². The zero-order chi connectivity index (χ0) is 14.7. The first kappa shape index (κ1) is 17.5. The molecule has 0 N–H and O–H groups in total. The van der Waals surface area contributed by atoms with E-state index in [9.17, 15) is 4.79 Å². The van der Waals surface area contributed by atoms with Crippen LogP contribution >= 0.6 is 8.58 Å². The first-order valence-electron chi connectivity index (χ1n) is 7.66. The summed E-state index contributed by atoms with van der Waals surface area (Å²) < 4.78 is 0. The molecule has 1 aliphatic carbocycles. The molecule has 108 valence electrons. The fourth-order valence-corrected chi connectivity index (χ4v) is 4.45. The van der Waals surface area contributed by atoms with E-state index < -0.39 is 0 Å². The van der Waals surface area contributed by atoms with Crippen molar-refractivity contribution in [1.29, 1.82) is 0 Å². The Morgan fingerprint density at radius 2 is 1.68 bits per heavy atom. The minimum Gasteiger partial charge on any atom is -0.456 e. The Morgan fingerprint density at radius 3 is 2.36 bits per heavy atom. The van der Waals surface area contributed by atoms with Crippen molar-refractivity contribution in [2.75, 3.05) is 0 Å². The molecule has 0 spiro atoms. The summed E-state index contributed by atoms with van der Waals surface area (Å²) in [5.41, 5.74) is 5.07. The van der Waals surface area contributed by atoms with E-state index >= 15 is 0 Å². The van der Waals surface area contributed by atoms with Crippen molar-refractivity contribution in [3.8, 4) is 11.1 Å². The third kappa shape index (κ3) is 3.91. The summed E-state index contributed by atoms with van der Waals surface area (Å²) >= 11 is 0. The van der Waals surface area contributed by atoms with Gasteiger partial charge in [0, 0.05) is 5.52 Å². The van der Waals surface area contributed by atoms with Crippen LogP contribution in [0.3, 0.4) is 0 Å². The van der Waals surface area contributed by atoms with Gasteiger partial charge < -0.3 is 13.4 Å². The first-order chi connectivity index (χ1) is 10.3. The van der Waals surface area contributed by atoms with Gasteiger partial charge in [-0.15, -0.1) is 0 Å². The van der Waals surface area contributed by atoms with Crippen molar-refractivity contribution in [3.63, 3.8) is 0 Å². The van der Waals surface area contributed by atoms with Crippen LogP contribution in [0.15, 0.2) is 48.5 Å². The number of hydrogen-bond acceptors (Lipinski definition) is 1. The predicted octanol–water partition coefficient (Wildman–Crippen LogP) is 2.70. The average molecular weight is 302 g/mol. The van der Waals surface area contributed by atoms with Gasteiger partial charge in [-0.2, -0.15) is 5.66 Å². The van der Waals surface area contributed by atoms with E-state index in [4.69, 9.17) is 0 Å². The largest absolute Gasteiger partial charge is 1.00 e. The molecule has 0 aliphatic heterocycles. The molecular weight excluding hydrogens is 282 g/mol.